The van der Waals surface area contributed by atoms with Crippen molar-refractivity contribution in [3.8, 4) is 0 Å². The standard InChI is InChI=1S/C10H12O2/c1-2-9-7-8(1)3-4-10(9)11-5-6-12-10/h1-2,5-6,8-9H,3-4,7H2. The van der Waals surface area contributed by atoms with Crippen LogP contribution in [0.5, 0.6) is 0 Å². The molecule has 2 atom stereocenters. The maximum absolute atomic E-state index is 5.56. The first kappa shape index (κ1) is 6.58. The number of rotatable bonds is 0. The fourth-order valence-corrected chi connectivity index (χ4v) is 2.49. The summed E-state index contributed by atoms with van der Waals surface area (Å²) in [6, 6.07) is 0. The van der Waals surface area contributed by atoms with Gasteiger partial charge in [0.2, 0.25) is 0 Å². The van der Waals surface area contributed by atoms with Crippen molar-refractivity contribution >= 4 is 0 Å². The van der Waals surface area contributed by atoms with Gasteiger partial charge in [-0.25, -0.2) is 0 Å². The summed E-state index contributed by atoms with van der Waals surface area (Å²) in [6.07, 6.45) is 11.4. The molecule has 0 amide bonds. The minimum Gasteiger partial charge on any atom is -0.456 e. The van der Waals surface area contributed by atoms with Gasteiger partial charge in [0.25, 0.3) is 5.79 Å². The zero-order valence-electron chi connectivity index (χ0n) is 6.90. The van der Waals surface area contributed by atoms with Gasteiger partial charge in [0.15, 0.2) is 0 Å². The number of hydrogen-bond acceptors (Lipinski definition) is 2. The molecule has 0 N–H and O–H groups in total. The molecule has 2 bridgehead atoms. The average molecular weight is 164 g/mol. The highest BCUT2D eigenvalue weighted by molar-refractivity contribution is 5.12. The number of hydrogen-bond donors (Lipinski definition) is 0. The fraction of sp³-hybridized carbons (Fsp3) is 0.600. The Balaban J connectivity index is 1.91. The van der Waals surface area contributed by atoms with E-state index in [1.165, 1.54) is 12.8 Å². The summed E-state index contributed by atoms with van der Waals surface area (Å²) in [7, 11) is 0. The Morgan fingerprint density at radius 2 is 2.00 bits per heavy atom. The van der Waals surface area contributed by atoms with E-state index in [1.54, 1.807) is 12.5 Å². The number of allylic oxidation sites excluding steroid dienone is 1. The first-order valence-electron chi connectivity index (χ1n) is 4.58. The maximum Gasteiger partial charge on any atom is 0.256 e. The van der Waals surface area contributed by atoms with Crippen LogP contribution in [-0.4, -0.2) is 5.79 Å². The highest BCUT2D eigenvalue weighted by Gasteiger charge is 2.49. The lowest BCUT2D eigenvalue weighted by Gasteiger charge is -2.36. The van der Waals surface area contributed by atoms with Gasteiger partial charge in [-0.3, -0.25) is 0 Å². The molecule has 2 nitrogen and oxygen atoms in total. The van der Waals surface area contributed by atoms with E-state index in [9.17, 15) is 0 Å². The predicted octanol–water partition coefficient (Wildman–Crippen LogP) is 2.19. The van der Waals surface area contributed by atoms with Crippen LogP contribution in [-0.2, 0) is 9.47 Å². The molecule has 2 unspecified atom stereocenters. The van der Waals surface area contributed by atoms with Gasteiger partial charge in [0, 0.05) is 6.42 Å². The minimum atomic E-state index is -0.316. The van der Waals surface area contributed by atoms with Gasteiger partial charge in [0.1, 0.15) is 12.5 Å². The molecule has 2 heteroatoms. The molecule has 1 fully saturated rings. The summed E-state index contributed by atoms with van der Waals surface area (Å²) in [5, 5.41) is 0. The van der Waals surface area contributed by atoms with Gasteiger partial charge in [-0.2, -0.15) is 0 Å². The van der Waals surface area contributed by atoms with Crippen molar-refractivity contribution in [1.82, 2.24) is 0 Å². The number of ether oxygens (including phenoxy) is 2. The van der Waals surface area contributed by atoms with E-state index in [4.69, 9.17) is 9.47 Å². The lowest BCUT2D eigenvalue weighted by atomic mass is 9.83. The Bertz CT molecular complexity index is 247. The van der Waals surface area contributed by atoms with Gasteiger partial charge >= 0.3 is 0 Å². The van der Waals surface area contributed by atoms with E-state index in [2.05, 4.69) is 12.2 Å². The maximum atomic E-state index is 5.56. The van der Waals surface area contributed by atoms with E-state index in [-0.39, 0.29) is 5.79 Å². The molecule has 0 radical (unpaired) electrons. The third kappa shape index (κ3) is 0.701. The molecule has 1 saturated carbocycles. The Morgan fingerprint density at radius 1 is 1.17 bits per heavy atom. The van der Waals surface area contributed by atoms with Crippen LogP contribution in [0.4, 0.5) is 0 Å². The third-order valence-corrected chi connectivity index (χ3v) is 3.19. The summed E-state index contributed by atoms with van der Waals surface area (Å²) in [4.78, 5) is 0. The van der Waals surface area contributed by atoms with E-state index in [0.29, 0.717) is 5.92 Å². The van der Waals surface area contributed by atoms with Crippen LogP contribution >= 0.6 is 0 Å². The molecule has 0 aromatic rings. The predicted molar refractivity (Wildman–Crippen MR) is 44.0 cm³/mol. The van der Waals surface area contributed by atoms with Crippen LogP contribution in [0.25, 0.3) is 0 Å². The molecule has 0 aromatic heterocycles. The summed E-state index contributed by atoms with van der Waals surface area (Å²) in [6.45, 7) is 0. The van der Waals surface area contributed by atoms with Crippen molar-refractivity contribution in [2.75, 3.05) is 0 Å². The highest BCUT2D eigenvalue weighted by Crippen LogP contribution is 2.47. The molecule has 12 heavy (non-hydrogen) atoms. The van der Waals surface area contributed by atoms with Crippen molar-refractivity contribution < 1.29 is 9.47 Å². The van der Waals surface area contributed by atoms with Crippen LogP contribution in [0.15, 0.2) is 24.7 Å². The van der Waals surface area contributed by atoms with Gasteiger partial charge in [-0.15, -0.1) is 0 Å². The second-order valence-electron chi connectivity index (χ2n) is 3.85. The van der Waals surface area contributed by atoms with Crippen LogP contribution in [0.3, 0.4) is 0 Å². The van der Waals surface area contributed by atoms with Crippen LogP contribution in [0, 0.1) is 11.8 Å². The molecule has 0 saturated heterocycles. The van der Waals surface area contributed by atoms with E-state index in [0.717, 1.165) is 12.3 Å². The molecular formula is C10H12O2. The van der Waals surface area contributed by atoms with Crippen molar-refractivity contribution in [2.45, 2.75) is 25.0 Å². The van der Waals surface area contributed by atoms with Crippen LogP contribution in [0.2, 0.25) is 0 Å². The van der Waals surface area contributed by atoms with Gasteiger partial charge in [0.05, 0.1) is 5.92 Å². The van der Waals surface area contributed by atoms with Crippen LogP contribution in [0.1, 0.15) is 19.3 Å². The Labute approximate surface area is 71.9 Å². The molecule has 0 aromatic carbocycles. The molecule has 3 rings (SSSR count). The minimum absolute atomic E-state index is 0.316. The van der Waals surface area contributed by atoms with Crippen molar-refractivity contribution in [1.29, 1.82) is 0 Å². The summed E-state index contributed by atoms with van der Waals surface area (Å²) >= 11 is 0. The fourth-order valence-electron chi connectivity index (χ4n) is 2.49. The lowest BCUT2D eigenvalue weighted by Crippen LogP contribution is -2.40. The second-order valence-corrected chi connectivity index (χ2v) is 3.85. The van der Waals surface area contributed by atoms with E-state index in [1.807, 2.05) is 0 Å². The van der Waals surface area contributed by atoms with Crippen molar-refractivity contribution in [3.05, 3.63) is 24.7 Å². The van der Waals surface area contributed by atoms with Gasteiger partial charge in [-0.05, 0) is 18.8 Å². The zero-order valence-corrected chi connectivity index (χ0v) is 6.90. The smallest absolute Gasteiger partial charge is 0.256 e. The zero-order chi connectivity index (χ0) is 8.02. The molecule has 2 aliphatic carbocycles. The highest BCUT2D eigenvalue weighted by atomic mass is 16.7. The summed E-state index contributed by atoms with van der Waals surface area (Å²) < 4.78 is 11.1. The average Bonchev–Trinajstić information content (AvgIpc) is 2.64. The van der Waals surface area contributed by atoms with Gasteiger partial charge in [-0.1, -0.05) is 12.2 Å². The molecular weight excluding hydrogens is 152 g/mol. The molecule has 1 heterocycles. The molecule has 1 spiro atoms. The monoisotopic (exact) mass is 164 g/mol. The summed E-state index contributed by atoms with van der Waals surface area (Å²) in [5.41, 5.74) is 0. The third-order valence-electron chi connectivity index (χ3n) is 3.19. The summed E-state index contributed by atoms with van der Waals surface area (Å²) in [5.74, 6) is 0.948. The molecule has 64 valence electrons. The van der Waals surface area contributed by atoms with Gasteiger partial charge < -0.3 is 9.47 Å². The van der Waals surface area contributed by atoms with E-state index < -0.39 is 0 Å². The largest absolute Gasteiger partial charge is 0.456 e. The van der Waals surface area contributed by atoms with Crippen molar-refractivity contribution in [3.63, 3.8) is 0 Å². The Morgan fingerprint density at radius 3 is 2.83 bits per heavy atom. The van der Waals surface area contributed by atoms with Crippen LogP contribution < -0.4 is 0 Å². The molecule has 1 aliphatic heterocycles. The number of fused-ring (bicyclic) bond motifs is 3. The normalized spacial score (nSPS) is 40.0. The Hall–Kier alpha value is -0.920. The van der Waals surface area contributed by atoms with Crippen molar-refractivity contribution in [2.24, 2.45) is 11.8 Å². The van der Waals surface area contributed by atoms with E-state index >= 15 is 0 Å². The lowest BCUT2D eigenvalue weighted by molar-refractivity contribution is -0.187. The first-order chi connectivity index (χ1) is 5.89. The Kier molecular flexibility index (Phi) is 1.13. The first-order valence-corrected chi connectivity index (χ1v) is 4.58. The topological polar surface area (TPSA) is 18.5 Å². The quantitative estimate of drug-likeness (QED) is 0.511. The SMILES string of the molecule is C1=COC2(CCC3C=CC2C3)O1. The second kappa shape index (κ2) is 2.06. The molecule has 3 aliphatic rings.